The normalized spacial score (nSPS) is 11.9. The minimum atomic E-state index is 0.228. The molecule has 14 heavy (non-hydrogen) atoms. The molecule has 0 atom stereocenters. The highest BCUT2D eigenvalue weighted by molar-refractivity contribution is 5.83. The third-order valence-electron chi connectivity index (χ3n) is 1.96. The van der Waals surface area contributed by atoms with Crippen molar-refractivity contribution in [2.75, 3.05) is 0 Å². The molecular formula is C10H7NO3. The van der Waals surface area contributed by atoms with E-state index in [9.17, 15) is 4.79 Å². The quantitative estimate of drug-likeness (QED) is 0.420. The standard InChI is InChI=1S/C10H7NO3/c12-5-7-6-14-9-4-2-1-3-8(9)10(7)11-13/h1-6,13H/b11-10+. The highest BCUT2D eigenvalue weighted by atomic mass is 16.4. The summed E-state index contributed by atoms with van der Waals surface area (Å²) in [7, 11) is 0. The molecule has 0 spiro atoms. The first-order valence-electron chi connectivity index (χ1n) is 4.00. The van der Waals surface area contributed by atoms with E-state index < -0.39 is 0 Å². The molecule has 0 radical (unpaired) electrons. The van der Waals surface area contributed by atoms with Crippen LogP contribution in [0.2, 0.25) is 0 Å². The molecule has 70 valence electrons. The third kappa shape index (κ3) is 1.17. The first-order chi connectivity index (χ1) is 6.86. The number of hydrogen-bond acceptors (Lipinski definition) is 4. The maximum atomic E-state index is 10.6. The van der Waals surface area contributed by atoms with Gasteiger partial charge in [-0.15, -0.1) is 0 Å². The minimum absolute atomic E-state index is 0.228. The van der Waals surface area contributed by atoms with Gasteiger partial charge in [0.15, 0.2) is 6.29 Å². The van der Waals surface area contributed by atoms with Gasteiger partial charge in [0.1, 0.15) is 17.2 Å². The molecule has 0 fully saturated rings. The van der Waals surface area contributed by atoms with Crippen molar-refractivity contribution >= 4 is 17.3 Å². The van der Waals surface area contributed by atoms with E-state index >= 15 is 0 Å². The molecule has 4 nitrogen and oxygen atoms in total. The molecule has 0 amide bonds. The summed E-state index contributed by atoms with van der Waals surface area (Å²) in [6.07, 6.45) is 1.86. The van der Waals surface area contributed by atoms with Crippen LogP contribution in [0.25, 0.3) is 11.0 Å². The summed E-state index contributed by atoms with van der Waals surface area (Å²) >= 11 is 0. The monoisotopic (exact) mass is 189 g/mol. The topological polar surface area (TPSA) is 62.8 Å². The highest BCUT2D eigenvalue weighted by Crippen LogP contribution is 2.09. The number of aldehydes is 1. The molecule has 4 heteroatoms. The van der Waals surface area contributed by atoms with Gasteiger partial charge in [-0.05, 0) is 12.1 Å². The zero-order valence-corrected chi connectivity index (χ0v) is 7.18. The predicted octanol–water partition coefficient (Wildman–Crippen LogP) is 1.54. The third-order valence-corrected chi connectivity index (χ3v) is 1.96. The maximum absolute atomic E-state index is 10.6. The number of hydrogen-bond donors (Lipinski definition) is 1. The second-order valence-corrected chi connectivity index (χ2v) is 2.75. The summed E-state index contributed by atoms with van der Waals surface area (Å²) in [6, 6.07) is 7.04. The molecule has 1 N–H and O–H groups in total. The Balaban J connectivity index is 2.99. The number of rotatable bonds is 1. The molecule has 1 heterocycles. The van der Waals surface area contributed by atoms with Crippen molar-refractivity contribution in [3.05, 3.63) is 41.4 Å². The largest absolute Gasteiger partial charge is 0.463 e. The summed E-state index contributed by atoms with van der Waals surface area (Å²) < 4.78 is 5.17. The Labute approximate surface area is 79.1 Å². The number of fused-ring (bicyclic) bond motifs is 1. The van der Waals surface area contributed by atoms with Crippen molar-refractivity contribution in [2.45, 2.75) is 0 Å². The SMILES string of the molecule is O=Cc1coc2ccccc2/c1=N/O. The van der Waals surface area contributed by atoms with Gasteiger partial charge in [-0.25, -0.2) is 0 Å². The van der Waals surface area contributed by atoms with E-state index in [1.165, 1.54) is 6.26 Å². The van der Waals surface area contributed by atoms with E-state index in [0.29, 0.717) is 17.3 Å². The Kier molecular flexibility index (Phi) is 2.02. The van der Waals surface area contributed by atoms with Gasteiger partial charge >= 0.3 is 0 Å². The molecule has 0 saturated carbocycles. The molecule has 2 rings (SSSR count). The molecule has 0 saturated heterocycles. The molecular weight excluding hydrogens is 182 g/mol. The lowest BCUT2D eigenvalue weighted by molar-refractivity contribution is 0.111. The van der Waals surface area contributed by atoms with E-state index in [4.69, 9.17) is 9.62 Å². The number of carbonyl (C=O) groups is 1. The Morgan fingerprint density at radius 3 is 2.86 bits per heavy atom. The fraction of sp³-hybridized carbons (Fsp3) is 0. The van der Waals surface area contributed by atoms with Crippen LogP contribution in [0.15, 0.2) is 40.1 Å². The van der Waals surface area contributed by atoms with E-state index in [2.05, 4.69) is 5.16 Å². The van der Waals surface area contributed by atoms with E-state index in [0.717, 1.165) is 0 Å². The molecule has 2 aromatic rings. The second kappa shape index (κ2) is 3.33. The van der Waals surface area contributed by atoms with Crippen LogP contribution in [0.5, 0.6) is 0 Å². The van der Waals surface area contributed by atoms with Crippen LogP contribution in [0.4, 0.5) is 0 Å². The zero-order chi connectivity index (χ0) is 9.97. The Morgan fingerprint density at radius 1 is 1.36 bits per heavy atom. The molecule has 0 aliphatic heterocycles. The fourth-order valence-corrected chi connectivity index (χ4v) is 1.30. The second-order valence-electron chi connectivity index (χ2n) is 2.75. The van der Waals surface area contributed by atoms with Crippen LogP contribution in [0.1, 0.15) is 10.4 Å². The van der Waals surface area contributed by atoms with Gasteiger partial charge in [-0.2, -0.15) is 0 Å². The average molecular weight is 189 g/mol. The summed E-state index contributed by atoms with van der Waals surface area (Å²) in [4.78, 5) is 10.6. The highest BCUT2D eigenvalue weighted by Gasteiger charge is 2.03. The number of carbonyl (C=O) groups excluding carboxylic acids is 1. The molecule has 1 aromatic carbocycles. The number of para-hydroxylation sites is 1. The Morgan fingerprint density at radius 2 is 2.14 bits per heavy atom. The molecule has 0 aliphatic rings. The molecule has 0 bridgehead atoms. The van der Waals surface area contributed by atoms with Gasteiger partial charge in [0.05, 0.1) is 5.56 Å². The fourth-order valence-electron chi connectivity index (χ4n) is 1.30. The van der Waals surface area contributed by atoms with Gasteiger partial charge < -0.3 is 9.62 Å². The van der Waals surface area contributed by atoms with E-state index in [-0.39, 0.29) is 10.9 Å². The van der Waals surface area contributed by atoms with Gasteiger partial charge in [0.2, 0.25) is 0 Å². The van der Waals surface area contributed by atoms with Crippen molar-refractivity contribution in [1.29, 1.82) is 0 Å². The lowest BCUT2D eigenvalue weighted by atomic mass is 10.2. The van der Waals surface area contributed by atoms with E-state index in [1.54, 1.807) is 24.3 Å². The smallest absolute Gasteiger partial charge is 0.155 e. The van der Waals surface area contributed by atoms with Crippen LogP contribution in [0.3, 0.4) is 0 Å². The van der Waals surface area contributed by atoms with Gasteiger partial charge in [-0.1, -0.05) is 17.3 Å². The van der Waals surface area contributed by atoms with Gasteiger partial charge in [-0.3, -0.25) is 4.79 Å². The van der Waals surface area contributed by atoms with Gasteiger partial charge in [0.25, 0.3) is 0 Å². The summed E-state index contributed by atoms with van der Waals surface area (Å²) in [5.41, 5.74) is 0.803. The van der Waals surface area contributed by atoms with Crippen LogP contribution in [0, 0.1) is 0 Å². The molecule has 0 aliphatic carbocycles. The van der Waals surface area contributed by atoms with E-state index in [1.807, 2.05) is 0 Å². The summed E-state index contributed by atoms with van der Waals surface area (Å²) in [6.45, 7) is 0. The zero-order valence-electron chi connectivity index (χ0n) is 7.18. The lowest BCUT2D eigenvalue weighted by Crippen LogP contribution is -2.09. The minimum Gasteiger partial charge on any atom is -0.463 e. The first-order valence-corrected chi connectivity index (χ1v) is 4.00. The lowest BCUT2D eigenvalue weighted by Gasteiger charge is -1.97. The van der Waals surface area contributed by atoms with Crippen molar-refractivity contribution in [3.63, 3.8) is 0 Å². The van der Waals surface area contributed by atoms with Crippen LogP contribution in [-0.4, -0.2) is 11.5 Å². The van der Waals surface area contributed by atoms with Gasteiger partial charge in [0, 0.05) is 5.39 Å². The Bertz CT molecular complexity index is 542. The predicted molar refractivity (Wildman–Crippen MR) is 49.0 cm³/mol. The maximum Gasteiger partial charge on any atom is 0.155 e. The van der Waals surface area contributed by atoms with Crippen molar-refractivity contribution in [2.24, 2.45) is 5.16 Å². The summed E-state index contributed by atoms with van der Waals surface area (Å²) in [5.74, 6) is 0. The molecule has 1 aromatic heterocycles. The average Bonchev–Trinajstić information content (AvgIpc) is 2.27. The molecule has 0 unspecified atom stereocenters. The van der Waals surface area contributed by atoms with Crippen molar-refractivity contribution < 1.29 is 14.4 Å². The van der Waals surface area contributed by atoms with Crippen LogP contribution >= 0.6 is 0 Å². The number of benzene rings is 1. The van der Waals surface area contributed by atoms with Crippen molar-refractivity contribution in [1.82, 2.24) is 0 Å². The number of nitrogens with zero attached hydrogens (tertiary/aromatic N) is 1. The first kappa shape index (κ1) is 8.50. The Hall–Kier alpha value is -2.10. The van der Waals surface area contributed by atoms with Crippen molar-refractivity contribution in [3.8, 4) is 0 Å². The van der Waals surface area contributed by atoms with Crippen LogP contribution in [-0.2, 0) is 0 Å². The van der Waals surface area contributed by atoms with Crippen LogP contribution < -0.4 is 5.36 Å². The summed E-state index contributed by atoms with van der Waals surface area (Å²) in [5, 5.41) is 12.7.